The number of rotatable bonds is 4. The van der Waals surface area contributed by atoms with Gasteiger partial charge in [0.1, 0.15) is 17.6 Å². The number of nitrogens with zero attached hydrogens (tertiary/aromatic N) is 3. The Bertz CT molecular complexity index is 948. The molecule has 1 amide bonds. The quantitative estimate of drug-likeness (QED) is 0.705. The van der Waals surface area contributed by atoms with Crippen LogP contribution in [0.4, 0.5) is 4.39 Å². The van der Waals surface area contributed by atoms with E-state index >= 15 is 0 Å². The highest BCUT2D eigenvalue weighted by molar-refractivity contribution is 5.94. The second-order valence-electron chi connectivity index (χ2n) is 6.65. The number of carbonyl (C=O) groups is 1. The summed E-state index contributed by atoms with van der Waals surface area (Å²) < 4.78 is 23.6. The Labute approximate surface area is 154 Å². The predicted molar refractivity (Wildman–Crippen MR) is 93.3 cm³/mol. The third-order valence-electron chi connectivity index (χ3n) is 4.68. The summed E-state index contributed by atoms with van der Waals surface area (Å²) >= 11 is 0. The molecule has 27 heavy (non-hydrogen) atoms. The van der Waals surface area contributed by atoms with E-state index in [4.69, 9.17) is 9.05 Å². The Balaban J connectivity index is 1.48. The van der Waals surface area contributed by atoms with E-state index in [1.165, 1.54) is 12.1 Å². The van der Waals surface area contributed by atoms with Crippen LogP contribution in [0, 0.1) is 5.82 Å². The summed E-state index contributed by atoms with van der Waals surface area (Å²) in [6.07, 6.45) is 4.81. The summed E-state index contributed by atoms with van der Waals surface area (Å²) in [5.74, 6) is 0.742. The van der Waals surface area contributed by atoms with Crippen LogP contribution in [0.1, 0.15) is 59.9 Å². The second-order valence-corrected chi connectivity index (χ2v) is 6.65. The van der Waals surface area contributed by atoms with Crippen molar-refractivity contribution in [3.63, 3.8) is 0 Å². The van der Waals surface area contributed by atoms with E-state index < -0.39 is 6.04 Å². The molecule has 4 rings (SSSR count). The molecule has 0 bridgehead atoms. The molecule has 140 valence electrons. The van der Waals surface area contributed by atoms with Gasteiger partial charge in [0.25, 0.3) is 5.91 Å². The maximum atomic E-state index is 13.0. The van der Waals surface area contributed by atoms with Gasteiger partial charge in [-0.25, -0.2) is 4.39 Å². The third-order valence-corrected chi connectivity index (χ3v) is 4.68. The molecule has 1 aromatic carbocycles. The van der Waals surface area contributed by atoms with Gasteiger partial charge in [0.15, 0.2) is 5.69 Å². The number of amides is 1. The number of fused-ring (bicyclic) bond motifs is 1. The second kappa shape index (κ2) is 7.30. The van der Waals surface area contributed by atoms with Crippen LogP contribution in [0.3, 0.4) is 0 Å². The van der Waals surface area contributed by atoms with E-state index in [0.717, 1.165) is 43.4 Å². The van der Waals surface area contributed by atoms with Crippen molar-refractivity contribution in [1.82, 2.24) is 20.6 Å². The summed E-state index contributed by atoms with van der Waals surface area (Å²) in [6, 6.07) is 5.28. The zero-order chi connectivity index (χ0) is 18.8. The molecule has 2 aromatic heterocycles. The van der Waals surface area contributed by atoms with E-state index in [0.29, 0.717) is 17.1 Å². The Morgan fingerprint density at radius 1 is 1.11 bits per heavy atom. The monoisotopic (exact) mass is 370 g/mol. The molecule has 3 aromatic rings. The molecule has 1 unspecified atom stereocenters. The lowest BCUT2D eigenvalue weighted by atomic mass is 10.1. The van der Waals surface area contributed by atoms with Crippen molar-refractivity contribution in [3.8, 4) is 11.4 Å². The minimum absolute atomic E-state index is 0.261. The topological polar surface area (TPSA) is 94.1 Å². The number of hydrogen-bond donors (Lipinski definition) is 1. The Morgan fingerprint density at radius 3 is 2.70 bits per heavy atom. The van der Waals surface area contributed by atoms with Gasteiger partial charge in [0, 0.05) is 17.5 Å². The van der Waals surface area contributed by atoms with Gasteiger partial charge in [-0.3, -0.25) is 4.79 Å². The van der Waals surface area contributed by atoms with E-state index in [2.05, 4.69) is 20.6 Å². The Kier molecular flexibility index (Phi) is 4.70. The molecule has 1 atom stereocenters. The summed E-state index contributed by atoms with van der Waals surface area (Å²) in [6.45, 7) is 1.75. The molecule has 1 aliphatic rings. The van der Waals surface area contributed by atoms with Crippen molar-refractivity contribution >= 4 is 5.91 Å². The van der Waals surface area contributed by atoms with Crippen molar-refractivity contribution in [3.05, 3.63) is 53.0 Å². The van der Waals surface area contributed by atoms with Gasteiger partial charge < -0.3 is 14.4 Å². The van der Waals surface area contributed by atoms with Crippen LogP contribution in [-0.2, 0) is 12.8 Å². The fourth-order valence-electron chi connectivity index (χ4n) is 3.19. The van der Waals surface area contributed by atoms with Crippen molar-refractivity contribution in [2.45, 2.75) is 45.1 Å². The number of aryl methyl sites for hydroxylation is 1. The lowest BCUT2D eigenvalue weighted by molar-refractivity contribution is 0.0922. The molecule has 2 heterocycles. The minimum atomic E-state index is -0.502. The number of carbonyl (C=O) groups excluding carboxylic acids is 1. The fraction of sp³-hybridized carbons (Fsp3) is 0.368. The smallest absolute Gasteiger partial charge is 0.274 e. The van der Waals surface area contributed by atoms with Crippen LogP contribution < -0.4 is 5.32 Å². The number of aromatic nitrogens is 3. The SMILES string of the molecule is CC(NC(=O)c1noc2c1CCCCC2)c1nc(-c2ccc(F)cc2)no1. The van der Waals surface area contributed by atoms with Crippen molar-refractivity contribution in [2.75, 3.05) is 0 Å². The normalized spacial score (nSPS) is 15.0. The molecule has 1 aliphatic carbocycles. The highest BCUT2D eigenvalue weighted by Gasteiger charge is 2.25. The maximum Gasteiger partial charge on any atom is 0.274 e. The molecule has 1 N–H and O–H groups in total. The van der Waals surface area contributed by atoms with Crippen LogP contribution >= 0.6 is 0 Å². The molecule has 0 spiro atoms. The summed E-state index contributed by atoms with van der Waals surface area (Å²) in [5.41, 5.74) is 1.86. The van der Waals surface area contributed by atoms with Gasteiger partial charge in [0.05, 0.1) is 0 Å². The van der Waals surface area contributed by atoms with Crippen molar-refractivity contribution in [1.29, 1.82) is 0 Å². The van der Waals surface area contributed by atoms with Crippen LogP contribution in [-0.4, -0.2) is 21.2 Å². The van der Waals surface area contributed by atoms with Crippen LogP contribution in [0.25, 0.3) is 11.4 Å². The third kappa shape index (κ3) is 3.60. The number of halogens is 1. The summed E-state index contributed by atoms with van der Waals surface area (Å²) in [7, 11) is 0. The van der Waals surface area contributed by atoms with Crippen LogP contribution in [0.5, 0.6) is 0 Å². The first-order valence-corrected chi connectivity index (χ1v) is 8.99. The molecule has 0 radical (unpaired) electrons. The molecule has 0 fully saturated rings. The van der Waals surface area contributed by atoms with Gasteiger partial charge in [-0.05, 0) is 50.5 Å². The molecular formula is C19H19FN4O3. The Morgan fingerprint density at radius 2 is 1.89 bits per heavy atom. The van der Waals surface area contributed by atoms with Gasteiger partial charge in [-0.1, -0.05) is 16.7 Å². The van der Waals surface area contributed by atoms with Gasteiger partial charge in [0.2, 0.25) is 11.7 Å². The zero-order valence-electron chi connectivity index (χ0n) is 14.9. The lowest BCUT2D eigenvalue weighted by Gasteiger charge is -2.08. The number of hydrogen-bond acceptors (Lipinski definition) is 6. The van der Waals surface area contributed by atoms with Gasteiger partial charge >= 0.3 is 0 Å². The first-order chi connectivity index (χ1) is 13.1. The molecule has 7 nitrogen and oxygen atoms in total. The molecule has 0 saturated carbocycles. The van der Waals surface area contributed by atoms with E-state index in [1.807, 2.05) is 0 Å². The molecule has 0 aliphatic heterocycles. The van der Waals surface area contributed by atoms with E-state index in [9.17, 15) is 9.18 Å². The maximum absolute atomic E-state index is 13.0. The van der Waals surface area contributed by atoms with Gasteiger partial charge in [-0.2, -0.15) is 4.98 Å². The fourth-order valence-corrected chi connectivity index (χ4v) is 3.19. The minimum Gasteiger partial charge on any atom is -0.360 e. The zero-order valence-corrected chi connectivity index (χ0v) is 14.9. The largest absolute Gasteiger partial charge is 0.360 e. The van der Waals surface area contributed by atoms with Crippen molar-refractivity contribution < 1.29 is 18.2 Å². The van der Waals surface area contributed by atoms with Crippen molar-refractivity contribution in [2.24, 2.45) is 0 Å². The number of nitrogens with one attached hydrogen (secondary N) is 1. The average molecular weight is 370 g/mol. The average Bonchev–Trinajstić information content (AvgIpc) is 3.25. The number of benzene rings is 1. The van der Waals surface area contributed by atoms with E-state index in [1.54, 1.807) is 19.1 Å². The standard InChI is InChI=1S/C19H19FN4O3/c1-11(19-22-17(24-27-19)12-7-9-13(20)10-8-12)21-18(25)16-14-5-3-2-4-6-15(14)26-23-16/h7-11H,2-6H2,1H3,(H,21,25). The molecule has 8 heteroatoms. The van der Waals surface area contributed by atoms with Gasteiger partial charge in [-0.15, -0.1) is 0 Å². The highest BCUT2D eigenvalue weighted by Crippen LogP contribution is 2.24. The predicted octanol–water partition coefficient (Wildman–Crippen LogP) is 3.62. The Hall–Kier alpha value is -3.03. The first kappa shape index (κ1) is 17.4. The van der Waals surface area contributed by atoms with Crippen LogP contribution in [0.15, 0.2) is 33.3 Å². The molecular weight excluding hydrogens is 351 g/mol. The lowest BCUT2D eigenvalue weighted by Crippen LogP contribution is -2.28. The first-order valence-electron chi connectivity index (χ1n) is 8.99. The summed E-state index contributed by atoms with van der Waals surface area (Å²) in [4.78, 5) is 16.9. The van der Waals surface area contributed by atoms with Crippen LogP contribution in [0.2, 0.25) is 0 Å². The summed E-state index contributed by atoms with van der Waals surface area (Å²) in [5, 5.41) is 10.7. The highest BCUT2D eigenvalue weighted by atomic mass is 19.1. The molecule has 0 saturated heterocycles. The van der Waals surface area contributed by atoms with E-state index in [-0.39, 0.29) is 17.6 Å².